The van der Waals surface area contributed by atoms with Crippen LogP contribution in [-0.2, 0) is 6.61 Å². The average molecular weight is 360 g/mol. The topological polar surface area (TPSA) is 33.0 Å². The fraction of sp³-hybridized carbons (Fsp3) is 0.0870. The molecule has 0 saturated carbocycles. The number of ether oxygens (including phenoxy) is 1. The van der Waals surface area contributed by atoms with E-state index >= 15 is 0 Å². The fourth-order valence-electron chi connectivity index (χ4n) is 2.53. The second-order valence-electron chi connectivity index (χ2n) is 6.02. The van der Waals surface area contributed by atoms with Gasteiger partial charge in [0.2, 0.25) is 0 Å². The standard InChI is InChI=1S/C23H18ClNO/c1-17-5-9-20(10-6-17)21(15-25)13-18-7-11-23(12-8-18)26-16-19-3-2-4-22(24)14-19/h2-14H,16H2,1H3/b21-13+. The maximum atomic E-state index is 9.44. The molecule has 3 heteroatoms. The van der Waals surface area contributed by atoms with Crippen molar-refractivity contribution in [2.24, 2.45) is 0 Å². The first-order valence-corrected chi connectivity index (χ1v) is 8.68. The number of nitriles is 1. The highest BCUT2D eigenvalue weighted by Gasteiger charge is 2.02. The normalized spacial score (nSPS) is 11.0. The summed E-state index contributed by atoms with van der Waals surface area (Å²) in [7, 11) is 0. The van der Waals surface area contributed by atoms with E-state index in [1.54, 1.807) is 0 Å². The smallest absolute Gasteiger partial charge is 0.119 e. The zero-order chi connectivity index (χ0) is 18.4. The molecule has 3 aromatic carbocycles. The van der Waals surface area contributed by atoms with Crippen molar-refractivity contribution in [3.8, 4) is 11.8 Å². The minimum absolute atomic E-state index is 0.461. The Labute approximate surface area is 158 Å². The van der Waals surface area contributed by atoms with Gasteiger partial charge in [-0.2, -0.15) is 5.26 Å². The summed E-state index contributed by atoms with van der Waals surface area (Å²) in [6, 6.07) is 25.5. The van der Waals surface area contributed by atoms with Gasteiger partial charge in [-0.25, -0.2) is 0 Å². The van der Waals surface area contributed by atoms with Gasteiger partial charge in [0.1, 0.15) is 12.4 Å². The molecule has 0 N–H and O–H groups in total. The zero-order valence-corrected chi connectivity index (χ0v) is 15.2. The third-order valence-corrected chi connectivity index (χ3v) is 4.20. The van der Waals surface area contributed by atoms with Crippen LogP contribution in [0, 0.1) is 18.3 Å². The van der Waals surface area contributed by atoms with Crippen LogP contribution in [0.2, 0.25) is 5.02 Å². The Hall–Kier alpha value is -3.02. The van der Waals surface area contributed by atoms with Gasteiger partial charge in [0.25, 0.3) is 0 Å². The highest BCUT2D eigenvalue weighted by molar-refractivity contribution is 6.30. The van der Waals surface area contributed by atoms with Gasteiger partial charge in [-0.15, -0.1) is 0 Å². The SMILES string of the molecule is Cc1ccc(/C(C#N)=C/c2ccc(OCc3cccc(Cl)c3)cc2)cc1. The van der Waals surface area contributed by atoms with Crippen LogP contribution in [-0.4, -0.2) is 0 Å². The number of aryl methyl sites for hydroxylation is 1. The van der Waals surface area contributed by atoms with Crippen molar-refractivity contribution in [1.82, 2.24) is 0 Å². The molecule has 0 fully saturated rings. The number of nitrogens with zero attached hydrogens (tertiary/aromatic N) is 1. The van der Waals surface area contributed by atoms with Crippen molar-refractivity contribution in [2.45, 2.75) is 13.5 Å². The van der Waals surface area contributed by atoms with Gasteiger partial charge in [-0.05, 0) is 54.0 Å². The summed E-state index contributed by atoms with van der Waals surface area (Å²) in [6.07, 6.45) is 1.88. The van der Waals surface area contributed by atoms with E-state index in [1.807, 2.05) is 85.8 Å². The van der Waals surface area contributed by atoms with Gasteiger partial charge in [-0.3, -0.25) is 0 Å². The first-order valence-electron chi connectivity index (χ1n) is 8.30. The van der Waals surface area contributed by atoms with Crippen LogP contribution < -0.4 is 4.74 Å². The monoisotopic (exact) mass is 359 g/mol. The van der Waals surface area contributed by atoms with Gasteiger partial charge in [0, 0.05) is 5.02 Å². The van der Waals surface area contributed by atoms with E-state index in [9.17, 15) is 5.26 Å². The van der Waals surface area contributed by atoms with Crippen LogP contribution in [0.4, 0.5) is 0 Å². The van der Waals surface area contributed by atoms with Crippen LogP contribution in [0.25, 0.3) is 11.6 Å². The molecule has 0 aliphatic carbocycles. The van der Waals surface area contributed by atoms with Crippen molar-refractivity contribution in [3.05, 3.63) is 100 Å². The first kappa shape index (κ1) is 17.8. The molecular formula is C23H18ClNO. The van der Waals surface area contributed by atoms with Gasteiger partial charge in [0.05, 0.1) is 11.6 Å². The molecule has 26 heavy (non-hydrogen) atoms. The van der Waals surface area contributed by atoms with E-state index in [4.69, 9.17) is 16.3 Å². The minimum atomic E-state index is 0.461. The highest BCUT2D eigenvalue weighted by Crippen LogP contribution is 2.21. The van der Waals surface area contributed by atoms with Crippen LogP contribution >= 0.6 is 11.6 Å². The quantitative estimate of drug-likeness (QED) is 0.396. The molecule has 0 bridgehead atoms. The fourth-order valence-corrected chi connectivity index (χ4v) is 2.75. The molecule has 0 saturated heterocycles. The van der Waals surface area contributed by atoms with E-state index in [2.05, 4.69) is 6.07 Å². The maximum absolute atomic E-state index is 9.44. The number of hydrogen-bond donors (Lipinski definition) is 0. The third-order valence-electron chi connectivity index (χ3n) is 3.97. The molecule has 2 nitrogen and oxygen atoms in total. The van der Waals surface area contributed by atoms with E-state index < -0.39 is 0 Å². The van der Waals surface area contributed by atoms with Gasteiger partial charge in [0.15, 0.2) is 0 Å². The second kappa shape index (κ2) is 8.38. The Kier molecular flexibility index (Phi) is 5.73. The lowest BCUT2D eigenvalue weighted by molar-refractivity contribution is 0.306. The summed E-state index contributed by atoms with van der Waals surface area (Å²) in [5.74, 6) is 0.774. The molecule has 0 aliphatic rings. The first-order chi connectivity index (χ1) is 12.6. The number of allylic oxidation sites excluding steroid dienone is 1. The molecule has 0 amide bonds. The number of rotatable bonds is 5. The number of benzene rings is 3. The van der Waals surface area contributed by atoms with Gasteiger partial charge < -0.3 is 4.74 Å². The van der Waals surface area contributed by atoms with Crippen LogP contribution in [0.15, 0.2) is 72.8 Å². The van der Waals surface area contributed by atoms with Gasteiger partial charge in [-0.1, -0.05) is 65.7 Å². The predicted octanol–water partition coefficient (Wildman–Crippen LogP) is 6.29. The summed E-state index contributed by atoms with van der Waals surface area (Å²) >= 11 is 5.98. The van der Waals surface area contributed by atoms with Crippen LogP contribution in [0.1, 0.15) is 22.3 Å². The molecule has 3 aromatic rings. The number of hydrogen-bond acceptors (Lipinski definition) is 2. The van der Waals surface area contributed by atoms with Crippen molar-refractivity contribution in [2.75, 3.05) is 0 Å². The molecule has 0 aromatic heterocycles. The lowest BCUT2D eigenvalue weighted by atomic mass is 10.0. The van der Waals surface area contributed by atoms with Crippen molar-refractivity contribution >= 4 is 23.3 Å². The summed E-state index contributed by atoms with van der Waals surface area (Å²) < 4.78 is 5.79. The van der Waals surface area contributed by atoms with E-state index in [0.29, 0.717) is 17.2 Å². The Balaban J connectivity index is 1.70. The van der Waals surface area contributed by atoms with Crippen molar-refractivity contribution < 1.29 is 4.74 Å². The molecule has 3 rings (SSSR count). The molecule has 0 atom stereocenters. The second-order valence-corrected chi connectivity index (χ2v) is 6.46. The van der Waals surface area contributed by atoms with Crippen molar-refractivity contribution in [1.29, 1.82) is 5.26 Å². The molecule has 0 heterocycles. The zero-order valence-electron chi connectivity index (χ0n) is 14.4. The summed E-state index contributed by atoms with van der Waals surface area (Å²) in [4.78, 5) is 0. The molecular weight excluding hydrogens is 342 g/mol. The maximum Gasteiger partial charge on any atom is 0.119 e. The summed E-state index contributed by atoms with van der Waals surface area (Å²) in [5.41, 5.74) is 4.70. The Morgan fingerprint density at radius 2 is 1.77 bits per heavy atom. The van der Waals surface area contributed by atoms with Crippen molar-refractivity contribution in [3.63, 3.8) is 0 Å². The number of halogens is 1. The molecule has 0 radical (unpaired) electrons. The lowest BCUT2D eigenvalue weighted by Crippen LogP contribution is -1.95. The Morgan fingerprint density at radius 1 is 1.04 bits per heavy atom. The van der Waals surface area contributed by atoms with E-state index in [1.165, 1.54) is 5.56 Å². The third kappa shape index (κ3) is 4.75. The average Bonchev–Trinajstić information content (AvgIpc) is 2.66. The summed E-state index contributed by atoms with van der Waals surface area (Å²) in [5, 5.41) is 10.1. The molecule has 0 aliphatic heterocycles. The molecule has 0 unspecified atom stereocenters. The summed E-state index contributed by atoms with van der Waals surface area (Å²) in [6.45, 7) is 2.49. The molecule has 0 spiro atoms. The largest absolute Gasteiger partial charge is 0.489 e. The van der Waals surface area contributed by atoms with E-state index in [-0.39, 0.29) is 0 Å². The highest BCUT2D eigenvalue weighted by atomic mass is 35.5. The predicted molar refractivity (Wildman–Crippen MR) is 107 cm³/mol. The molecule has 128 valence electrons. The van der Waals surface area contributed by atoms with Gasteiger partial charge >= 0.3 is 0 Å². The Bertz CT molecular complexity index is 951. The minimum Gasteiger partial charge on any atom is -0.489 e. The van der Waals surface area contributed by atoms with Crippen LogP contribution in [0.3, 0.4) is 0 Å². The lowest BCUT2D eigenvalue weighted by Gasteiger charge is -2.07. The Morgan fingerprint density at radius 3 is 2.42 bits per heavy atom. The van der Waals surface area contributed by atoms with Crippen LogP contribution in [0.5, 0.6) is 5.75 Å². The van der Waals surface area contributed by atoms with E-state index in [0.717, 1.165) is 22.4 Å².